The molecule has 12 nitrogen and oxygen atoms in total. The van der Waals surface area contributed by atoms with E-state index in [0.29, 0.717) is 61.7 Å². The molecule has 2 aromatic heterocycles. The van der Waals surface area contributed by atoms with Crippen LogP contribution in [0.3, 0.4) is 0 Å². The Labute approximate surface area is 387 Å². The van der Waals surface area contributed by atoms with Gasteiger partial charge >= 0.3 is 0 Å². The van der Waals surface area contributed by atoms with Gasteiger partial charge in [-0.25, -0.2) is 19.9 Å². The molecule has 0 saturated heterocycles. The van der Waals surface area contributed by atoms with Crippen molar-refractivity contribution in [2.45, 2.75) is 123 Å². The van der Waals surface area contributed by atoms with E-state index in [1.807, 2.05) is 48.2 Å². The highest BCUT2D eigenvalue weighted by atomic mass is 35.5. The van der Waals surface area contributed by atoms with Gasteiger partial charge in [-0.1, -0.05) is 55.5 Å². The van der Waals surface area contributed by atoms with Crippen LogP contribution in [0.2, 0.25) is 0 Å². The maximum atomic E-state index is 13.1. The van der Waals surface area contributed by atoms with Gasteiger partial charge in [-0.05, 0) is 160 Å². The van der Waals surface area contributed by atoms with E-state index in [1.165, 1.54) is 89.7 Å². The van der Waals surface area contributed by atoms with E-state index in [0.717, 1.165) is 64.4 Å². The molecule has 0 radical (unpaired) electrons. The number of carbonyl (C=O) groups excluding carboxylic acids is 4. The van der Waals surface area contributed by atoms with Crippen LogP contribution < -0.4 is 16.4 Å². The third-order valence-corrected chi connectivity index (χ3v) is 16.0. The van der Waals surface area contributed by atoms with Crippen LogP contribution >= 0.6 is 11.6 Å². The van der Waals surface area contributed by atoms with Gasteiger partial charge in [-0.2, -0.15) is 0 Å². The quantitative estimate of drug-likeness (QED) is 0.131. The molecule has 0 atom stereocenters. The van der Waals surface area contributed by atoms with E-state index in [4.69, 9.17) is 17.3 Å². The van der Waals surface area contributed by atoms with Gasteiger partial charge in [-0.3, -0.25) is 19.2 Å². The van der Waals surface area contributed by atoms with E-state index in [9.17, 15) is 19.2 Å². The number of benzene rings is 2. The van der Waals surface area contributed by atoms with Gasteiger partial charge in [0.2, 0.25) is 11.8 Å². The Morgan fingerprint density at radius 2 is 1.12 bits per heavy atom. The van der Waals surface area contributed by atoms with Crippen LogP contribution in [0.15, 0.2) is 73.3 Å². The Morgan fingerprint density at radius 1 is 0.662 bits per heavy atom. The molecule has 9 aliphatic rings. The first-order valence-corrected chi connectivity index (χ1v) is 24.4. The molecule has 2 aromatic carbocycles. The van der Waals surface area contributed by atoms with Gasteiger partial charge in [0.25, 0.3) is 11.1 Å². The van der Waals surface area contributed by atoms with Crippen LogP contribution in [-0.2, 0) is 35.5 Å². The van der Waals surface area contributed by atoms with Crippen LogP contribution in [0.4, 0.5) is 11.6 Å². The number of anilines is 2. The minimum atomic E-state index is -0.407. The molecule has 13 rings (SSSR count). The smallest absolute Gasteiger partial charge is 0.254 e. The second-order valence-corrected chi connectivity index (χ2v) is 21.0. The summed E-state index contributed by atoms with van der Waals surface area (Å²) < 4.78 is 0. The monoisotopic (exact) mass is 898 g/mol. The average Bonchev–Trinajstić information content (AvgIpc) is 3.28. The van der Waals surface area contributed by atoms with Crippen molar-refractivity contribution in [3.8, 4) is 0 Å². The molecule has 8 saturated carbocycles. The highest BCUT2D eigenvalue weighted by molar-refractivity contribution is 6.67. The zero-order valence-electron chi connectivity index (χ0n) is 37.7. The number of nitrogens with one attached hydrogen (secondary N) is 2. The Hall–Kier alpha value is -5.07. The van der Waals surface area contributed by atoms with E-state index in [-0.39, 0.29) is 28.6 Å². The third kappa shape index (κ3) is 10.3. The first-order valence-electron chi connectivity index (χ1n) is 24.0. The Morgan fingerprint density at radius 3 is 1.58 bits per heavy atom. The second kappa shape index (κ2) is 19.4. The molecule has 4 N–H and O–H groups in total. The van der Waals surface area contributed by atoms with Crippen molar-refractivity contribution in [3.63, 3.8) is 0 Å². The number of hydrogen-bond acceptors (Lipinski definition) is 9. The Balaban J connectivity index is 0.000000142. The molecule has 1 aliphatic heterocycles. The summed E-state index contributed by atoms with van der Waals surface area (Å²) in [6.07, 6.45) is 21.6. The van der Waals surface area contributed by atoms with Crippen molar-refractivity contribution in [1.29, 1.82) is 0 Å². The third-order valence-electron chi connectivity index (χ3n) is 15.8. The maximum absolute atomic E-state index is 13.1. The highest BCUT2D eigenvalue weighted by Gasteiger charge is 2.52. The largest absolute Gasteiger partial charge is 0.332 e. The normalized spacial score (nSPS) is 28.5. The van der Waals surface area contributed by atoms with Crippen LogP contribution in [0, 0.1) is 46.3 Å². The van der Waals surface area contributed by atoms with Gasteiger partial charge in [-0.15, -0.1) is 0 Å². The number of halogens is 1. The van der Waals surface area contributed by atoms with Gasteiger partial charge in [0.15, 0.2) is 0 Å². The number of aromatic nitrogens is 4. The molecular weight excluding hydrogens is 836 g/mol. The number of fused-ring (bicyclic) bond motifs is 1. The topological polar surface area (TPSA) is 173 Å². The van der Waals surface area contributed by atoms with Crippen LogP contribution in [0.5, 0.6) is 0 Å². The van der Waals surface area contributed by atoms with Crippen molar-refractivity contribution >= 4 is 46.2 Å². The van der Waals surface area contributed by atoms with Gasteiger partial charge in [0, 0.05) is 48.2 Å². The zero-order valence-corrected chi connectivity index (χ0v) is 38.4. The summed E-state index contributed by atoms with van der Waals surface area (Å²) in [5.41, 5.74) is 11.1. The summed E-state index contributed by atoms with van der Waals surface area (Å²) in [5, 5.41) is 5.79. The van der Waals surface area contributed by atoms with Crippen molar-refractivity contribution in [2.75, 3.05) is 17.2 Å². The fourth-order valence-electron chi connectivity index (χ4n) is 14.1. The minimum absolute atomic E-state index is 0.0160. The van der Waals surface area contributed by atoms with Gasteiger partial charge < -0.3 is 21.3 Å². The lowest BCUT2D eigenvalue weighted by Gasteiger charge is -2.56. The molecule has 8 bridgehead atoms. The number of carbonyl (C=O) groups is 4. The standard InChI is InChI=1S/C26H30N4O2.C19H28N4O.C7H5ClO/c31-23(14-26-11-17-8-18(12-26)10-19(9-17)13-26)29-24-21-6-7-30(15-22(21)27-16-28-24)25(32)20-4-2-1-3-5-20;1-2-15-16(10-20)21-11-22-18(15)23-17(24)9-19-6-12-3-13(7-19)5-14(4-12)8-19;8-7(9)6-4-2-1-3-5-6/h1-5,16-19H,6-15H2,(H,27,28,29,31);11-14H,2-10,20H2,1H3,(H,21,22,23,24);1-5H. The molecule has 4 aromatic rings. The molecule has 8 fully saturated rings. The lowest BCUT2D eigenvalue weighted by molar-refractivity contribution is -0.125. The Bertz CT molecular complexity index is 2310. The van der Waals surface area contributed by atoms with E-state index in [1.54, 1.807) is 24.3 Å². The molecule has 3 heterocycles. The van der Waals surface area contributed by atoms with Crippen molar-refractivity contribution in [1.82, 2.24) is 24.8 Å². The number of nitrogens with two attached hydrogens (primary N) is 1. The van der Waals surface area contributed by atoms with Crippen molar-refractivity contribution < 1.29 is 19.2 Å². The fourth-order valence-corrected chi connectivity index (χ4v) is 14.2. The summed E-state index contributed by atoms with van der Waals surface area (Å²) in [4.78, 5) is 68.3. The molecule has 65 heavy (non-hydrogen) atoms. The first kappa shape index (κ1) is 45.1. The number of hydrogen-bond donors (Lipinski definition) is 3. The fraction of sp³-hybridized carbons (Fsp3) is 0.538. The lowest BCUT2D eigenvalue weighted by Crippen LogP contribution is -2.47. The van der Waals surface area contributed by atoms with Crippen molar-refractivity contribution in [3.05, 3.63) is 107 Å². The molecule has 3 amide bonds. The highest BCUT2D eigenvalue weighted by Crippen LogP contribution is 2.62. The summed E-state index contributed by atoms with van der Waals surface area (Å²) in [7, 11) is 0. The average molecular weight is 900 g/mol. The summed E-state index contributed by atoms with van der Waals surface area (Å²) in [5.74, 6) is 6.66. The number of nitrogens with zero attached hydrogens (tertiary/aromatic N) is 5. The molecule has 13 heteroatoms. The van der Waals surface area contributed by atoms with E-state index in [2.05, 4.69) is 30.6 Å². The van der Waals surface area contributed by atoms with E-state index >= 15 is 0 Å². The molecule has 8 aliphatic carbocycles. The second-order valence-electron chi connectivity index (χ2n) is 20.6. The SMILES string of the molecule is CCc1c(CN)ncnc1NC(=O)CC12CC3CC(CC(C3)C1)C2.O=C(CC12CC3CC(CC(C3)C1)C2)Nc1ncnc2c1CCN(C(=O)c1ccccc1)C2.O=C(Cl)c1ccccc1. The van der Waals surface area contributed by atoms with Gasteiger partial charge in [0.05, 0.1) is 17.9 Å². The zero-order chi connectivity index (χ0) is 45.1. The van der Waals surface area contributed by atoms with Crippen LogP contribution in [0.1, 0.15) is 140 Å². The minimum Gasteiger partial charge on any atom is -0.332 e. The molecular formula is C52H63ClN8O4. The van der Waals surface area contributed by atoms with Gasteiger partial charge in [0.1, 0.15) is 24.3 Å². The number of rotatable bonds is 10. The predicted molar refractivity (Wildman–Crippen MR) is 251 cm³/mol. The number of amides is 3. The summed E-state index contributed by atoms with van der Waals surface area (Å²) in [6, 6.07) is 18.1. The maximum Gasteiger partial charge on any atom is 0.254 e. The summed E-state index contributed by atoms with van der Waals surface area (Å²) in [6.45, 7) is 3.48. The lowest BCUT2D eigenvalue weighted by atomic mass is 9.49. The van der Waals surface area contributed by atoms with Crippen molar-refractivity contribution in [2.24, 2.45) is 52.1 Å². The molecule has 0 unspecified atom stereocenters. The Kier molecular flexibility index (Phi) is 13.5. The molecule has 342 valence electrons. The summed E-state index contributed by atoms with van der Waals surface area (Å²) >= 11 is 5.16. The van der Waals surface area contributed by atoms with Crippen LogP contribution in [0.25, 0.3) is 0 Å². The van der Waals surface area contributed by atoms with Crippen LogP contribution in [-0.4, -0.2) is 54.3 Å². The predicted octanol–water partition coefficient (Wildman–Crippen LogP) is 9.33. The first-order chi connectivity index (χ1) is 31.5. The van der Waals surface area contributed by atoms with E-state index < -0.39 is 5.24 Å². The molecule has 0 spiro atoms.